The van der Waals surface area contributed by atoms with Gasteiger partial charge in [0.05, 0.1) is 12.8 Å². The minimum absolute atomic E-state index is 0.0332. The second kappa shape index (κ2) is 7.40. The topological polar surface area (TPSA) is 53.5 Å². The van der Waals surface area contributed by atoms with Gasteiger partial charge in [0.1, 0.15) is 5.82 Å². The summed E-state index contributed by atoms with van der Waals surface area (Å²) in [6.07, 6.45) is 1.47. The first-order chi connectivity index (χ1) is 10.1. The monoisotopic (exact) mass is 305 g/mol. The highest BCUT2D eigenvalue weighted by molar-refractivity contribution is 6.33. The lowest BCUT2D eigenvalue weighted by molar-refractivity contribution is -0.119. The number of halogens is 2. The molecule has 0 radical (unpaired) electrons. The average Bonchev–Trinajstić information content (AvgIpc) is 2.49. The molecule has 2 aromatic rings. The maximum absolute atomic E-state index is 12.7. The van der Waals surface area contributed by atoms with Crippen molar-refractivity contribution in [2.75, 3.05) is 11.9 Å². The summed E-state index contributed by atoms with van der Waals surface area (Å²) in [5, 5.41) is 7.23. The third-order valence-electron chi connectivity index (χ3n) is 2.60. The Kier molecular flexibility index (Phi) is 5.29. The zero-order valence-electron chi connectivity index (χ0n) is 11.0. The lowest BCUT2D eigenvalue weighted by atomic mass is 10.2. The first-order valence-electron chi connectivity index (χ1n) is 6.21. The molecule has 0 aromatic heterocycles. The van der Waals surface area contributed by atoms with Crippen molar-refractivity contribution in [2.45, 2.75) is 0 Å². The normalized spacial score (nSPS) is 10.6. The highest BCUT2D eigenvalue weighted by Crippen LogP contribution is 2.12. The lowest BCUT2D eigenvalue weighted by Crippen LogP contribution is -2.25. The minimum atomic E-state index is -0.325. The number of nitrogens with zero attached hydrogens (tertiary/aromatic N) is 1. The van der Waals surface area contributed by atoms with Crippen molar-refractivity contribution in [3.05, 3.63) is 64.9 Å². The van der Waals surface area contributed by atoms with Gasteiger partial charge in [0.15, 0.2) is 0 Å². The molecule has 0 aliphatic heterocycles. The largest absolute Gasteiger partial charge is 0.376 e. The fourth-order valence-corrected chi connectivity index (χ4v) is 1.73. The van der Waals surface area contributed by atoms with E-state index in [1.807, 2.05) is 12.1 Å². The predicted molar refractivity (Wildman–Crippen MR) is 82.1 cm³/mol. The van der Waals surface area contributed by atoms with Crippen molar-refractivity contribution in [1.29, 1.82) is 0 Å². The molecule has 4 nitrogen and oxygen atoms in total. The Morgan fingerprint density at radius 1 is 1.19 bits per heavy atom. The first-order valence-corrected chi connectivity index (χ1v) is 6.59. The van der Waals surface area contributed by atoms with Gasteiger partial charge in [-0.05, 0) is 30.3 Å². The molecule has 21 heavy (non-hydrogen) atoms. The molecule has 0 saturated heterocycles. The summed E-state index contributed by atoms with van der Waals surface area (Å²) in [6.45, 7) is 0.0332. The number of anilines is 1. The van der Waals surface area contributed by atoms with Crippen LogP contribution in [0.3, 0.4) is 0 Å². The van der Waals surface area contributed by atoms with Crippen LogP contribution in [0.25, 0.3) is 0 Å². The van der Waals surface area contributed by atoms with Crippen LogP contribution < -0.4 is 10.7 Å². The van der Waals surface area contributed by atoms with Crippen molar-refractivity contribution < 1.29 is 9.18 Å². The molecule has 108 valence electrons. The van der Waals surface area contributed by atoms with Gasteiger partial charge in [-0.1, -0.05) is 29.8 Å². The molecule has 0 aliphatic carbocycles. The first kappa shape index (κ1) is 15.0. The van der Waals surface area contributed by atoms with Crippen LogP contribution in [-0.2, 0) is 4.79 Å². The number of rotatable bonds is 5. The van der Waals surface area contributed by atoms with Crippen molar-refractivity contribution >= 4 is 29.4 Å². The second-order valence-corrected chi connectivity index (χ2v) is 4.58. The van der Waals surface area contributed by atoms with Crippen LogP contribution in [0.2, 0.25) is 5.02 Å². The number of hydrazone groups is 1. The molecule has 0 atom stereocenters. The molecule has 2 N–H and O–H groups in total. The molecule has 0 bridgehead atoms. The number of amides is 1. The van der Waals surface area contributed by atoms with E-state index in [0.717, 1.165) is 0 Å². The van der Waals surface area contributed by atoms with E-state index in [2.05, 4.69) is 15.8 Å². The van der Waals surface area contributed by atoms with Gasteiger partial charge < -0.3 is 5.32 Å². The second-order valence-electron chi connectivity index (χ2n) is 4.18. The summed E-state index contributed by atoms with van der Waals surface area (Å²) in [5.74, 6) is -0.642. The van der Waals surface area contributed by atoms with Gasteiger partial charge in [-0.25, -0.2) is 9.82 Å². The van der Waals surface area contributed by atoms with Gasteiger partial charge in [0.2, 0.25) is 0 Å². The zero-order chi connectivity index (χ0) is 15.1. The summed E-state index contributed by atoms with van der Waals surface area (Å²) >= 11 is 5.95. The molecule has 2 rings (SSSR count). The molecular formula is C15H13ClFN3O. The molecule has 0 unspecified atom stereocenters. The lowest BCUT2D eigenvalue weighted by Gasteiger charge is -2.04. The van der Waals surface area contributed by atoms with Crippen LogP contribution in [0.15, 0.2) is 53.6 Å². The summed E-state index contributed by atoms with van der Waals surface area (Å²) < 4.78 is 12.7. The number of benzene rings is 2. The van der Waals surface area contributed by atoms with Crippen LogP contribution >= 0.6 is 11.6 Å². The fraction of sp³-hybridized carbons (Fsp3) is 0.0667. The van der Waals surface area contributed by atoms with Crippen LogP contribution in [0.5, 0.6) is 0 Å². The molecule has 0 spiro atoms. The van der Waals surface area contributed by atoms with Crippen LogP contribution in [-0.4, -0.2) is 18.7 Å². The summed E-state index contributed by atoms with van der Waals surface area (Å²) in [7, 11) is 0. The van der Waals surface area contributed by atoms with Gasteiger partial charge in [-0.3, -0.25) is 4.79 Å². The van der Waals surface area contributed by atoms with Crippen LogP contribution in [0.1, 0.15) is 5.56 Å². The number of hydrogen-bond donors (Lipinski definition) is 2. The van der Waals surface area contributed by atoms with Gasteiger partial charge in [-0.15, -0.1) is 0 Å². The highest BCUT2D eigenvalue weighted by Gasteiger charge is 2.00. The van der Waals surface area contributed by atoms with E-state index in [1.54, 1.807) is 24.3 Å². The quantitative estimate of drug-likeness (QED) is 0.659. The summed E-state index contributed by atoms with van der Waals surface area (Å²) in [6, 6.07) is 12.9. The Morgan fingerprint density at radius 3 is 2.62 bits per heavy atom. The van der Waals surface area contributed by atoms with E-state index in [-0.39, 0.29) is 18.3 Å². The van der Waals surface area contributed by atoms with E-state index >= 15 is 0 Å². The van der Waals surface area contributed by atoms with Crippen LogP contribution in [0.4, 0.5) is 10.1 Å². The third kappa shape index (κ3) is 4.89. The number of carbonyl (C=O) groups excluding carboxylic acids is 1. The van der Waals surface area contributed by atoms with E-state index < -0.39 is 0 Å². The van der Waals surface area contributed by atoms with Crippen molar-refractivity contribution in [1.82, 2.24) is 5.43 Å². The molecule has 2 aromatic carbocycles. The van der Waals surface area contributed by atoms with Crippen molar-refractivity contribution in [3.8, 4) is 0 Å². The van der Waals surface area contributed by atoms with E-state index in [4.69, 9.17) is 11.6 Å². The zero-order valence-corrected chi connectivity index (χ0v) is 11.8. The van der Waals surface area contributed by atoms with E-state index in [1.165, 1.54) is 18.3 Å². The van der Waals surface area contributed by atoms with Crippen molar-refractivity contribution in [3.63, 3.8) is 0 Å². The minimum Gasteiger partial charge on any atom is -0.376 e. The third-order valence-corrected chi connectivity index (χ3v) is 2.94. The predicted octanol–water partition coefficient (Wildman–Crippen LogP) is 3.04. The van der Waals surface area contributed by atoms with Gasteiger partial charge >= 0.3 is 0 Å². The molecule has 1 amide bonds. The molecular weight excluding hydrogens is 293 g/mol. The maximum Gasteiger partial charge on any atom is 0.259 e. The number of hydrogen-bond acceptors (Lipinski definition) is 3. The van der Waals surface area contributed by atoms with Gasteiger partial charge in [-0.2, -0.15) is 5.10 Å². The average molecular weight is 306 g/mol. The fourth-order valence-electron chi connectivity index (χ4n) is 1.54. The number of nitrogens with one attached hydrogen (secondary N) is 2. The Labute approximate surface area is 126 Å². The molecule has 0 heterocycles. The Hall–Kier alpha value is -2.40. The SMILES string of the molecule is O=C(CNc1ccc(F)cc1)N/N=C/c1ccccc1Cl. The van der Waals surface area contributed by atoms with Gasteiger partial charge in [0, 0.05) is 16.3 Å². The maximum atomic E-state index is 12.7. The van der Waals surface area contributed by atoms with Crippen molar-refractivity contribution in [2.24, 2.45) is 5.10 Å². The smallest absolute Gasteiger partial charge is 0.259 e. The Bertz CT molecular complexity index is 644. The Balaban J connectivity index is 1.80. The molecule has 0 fully saturated rings. The van der Waals surface area contributed by atoms with Crippen LogP contribution in [0, 0.1) is 5.82 Å². The summed E-state index contributed by atoms with van der Waals surface area (Å²) in [5.41, 5.74) is 3.74. The van der Waals surface area contributed by atoms with E-state index in [9.17, 15) is 9.18 Å². The Morgan fingerprint density at radius 2 is 1.90 bits per heavy atom. The number of carbonyl (C=O) groups is 1. The molecule has 0 aliphatic rings. The molecule has 0 saturated carbocycles. The standard InChI is InChI=1S/C15H13ClFN3O/c16-14-4-2-1-3-11(14)9-19-20-15(21)10-18-13-7-5-12(17)6-8-13/h1-9,18H,10H2,(H,20,21)/b19-9+. The highest BCUT2D eigenvalue weighted by atomic mass is 35.5. The summed E-state index contributed by atoms with van der Waals surface area (Å²) in [4.78, 5) is 11.6. The molecule has 6 heteroatoms. The van der Waals surface area contributed by atoms with Gasteiger partial charge in [0.25, 0.3) is 5.91 Å². The van der Waals surface area contributed by atoms with E-state index in [0.29, 0.717) is 16.3 Å².